The molecular formula is C22H26N6O4. The Kier molecular flexibility index (Phi) is 6.97. The quantitative estimate of drug-likeness (QED) is 0.692. The third-order valence-corrected chi connectivity index (χ3v) is 5.62. The number of nitrogens with zero attached hydrogens (tertiary/aromatic N) is 6. The third-order valence-electron chi connectivity index (χ3n) is 5.62. The first-order valence-electron chi connectivity index (χ1n) is 10.7. The molecule has 4 rings (SSSR count). The van der Waals surface area contributed by atoms with E-state index in [0.717, 1.165) is 18.4 Å². The van der Waals surface area contributed by atoms with Crippen LogP contribution in [-0.4, -0.2) is 70.9 Å². The molecule has 10 heteroatoms. The number of pyridine rings is 1. The second-order valence-electron chi connectivity index (χ2n) is 7.84. The highest BCUT2D eigenvalue weighted by molar-refractivity contribution is 5.68. The molecule has 0 saturated carbocycles. The van der Waals surface area contributed by atoms with Gasteiger partial charge in [0.05, 0.1) is 31.2 Å². The number of amides is 1. The Morgan fingerprint density at radius 1 is 1.25 bits per heavy atom. The van der Waals surface area contributed by atoms with Gasteiger partial charge in [0.1, 0.15) is 18.8 Å². The Morgan fingerprint density at radius 3 is 2.75 bits per heavy atom. The number of carbonyl (C=O) groups is 1. The first kappa shape index (κ1) is 21.8. The van der Waals surface area contributed by atoms with Crippen molar-refractivity contribution in [3.63, 3.8) is 0 Å². The van der Waals surface area contributed by atoms with Crippen LogP contribution in [0.1, 0.15) is 30.9 Å². The summed E-state index contributed by atoms with van der Waals surface area (Å²) < 4.78 is 16.7. The zero-order chi connectivity index (χ0) is 22.3. The van der Waals surface area contributed by atoms with Gasteiger partial charge >= 0.3 is 6.09 Å². The van der Waals surface area contributed by atoms with Crippen LogP contribution in [0.4, 0.5) is 10.7 Å². The maximum atomic E-state index is 12.5. The van der Waals surface area contributed by atoms with Crippen molar-refractivity contribution < 1.29 is 19.0 Å². The van der Waals surface area contributed by atoms with Crippen LogP contribution in [-0.2, 0) is 16.1 Å². The van der Waals surface area contributed by atoms with Crippen molar-refractivity contribution in [3.8, 4) is 11.8 Å². The molecule has 2 aliphatic heterocycles. The van der Waals surface area contributed by atoms with Crippen molar-refractivity contribution >= 4 is 12.0 Å². The van der Waals surface area contributed by atoms with E-state index in [1.54, 1.807) is 29.6 Å². The Balaban J connectivity index is 1.29. The van der Waals surface area contributed by atoms with Crippen molar-refractivity contribution in [2.75, 3.05) is 37.7 Å². The molecule has 1 amide bonds. The van der Waals surface area contributed by atoms with Gasteiger partial charge in [-0.15, -0.1) is 0 Å². The van der Waals surface area contributed by atoms with E-state index in [9.17, 15) is 4.79 Å². The van der Waals surface area contributed by atoms with Gasteiger partial charge in [-0.3, -0.25) is 4.98 Å². The molecule has 1 unspecified atom stereocenters. The van der Waals surface area contributed by atoms with E-state index in [4.69, 9.17) is 19.5 Å². The van der Waals surface area contributed by atoms with Gasteiger partial charge in [-0.25, -0.2) is 14.8 Å². The highest BCUT2D eigenvalue weighted by Crippen LogP contribution is 2.20. The summed E-state index contributed by atoms with van der Waals surface area (Å²) >= 11 is 0. The minimum atomic E-state index is -0.263. The van der Waals surface area contributed by atoms with Gasteiger partial charge < -0.3 is 24.0 Å². The van der Waals surface area contributed by atoms with E-state index in [1.165, 1.54) is 6.20 Å². The Morgan fingerprint density at radius 2 is 2.03 bits per heavy atom. The van der Waals surface area contributed by atoms with Crippen LogP contribution in [0.25, 0.3) is 0 Å². The number of hydrogen-bond acceptors (Lipinski definition) is 9. The number of piperazine rings is 1. The number of ether oxygens (including phenoxy) is 3. The smallest absolute Gasteiger partial charge is 0.410 e. The number of carbonyl (C=O) groups excluding carboxylic acids is 1. The van der Waals surface area contributed by atoms with Gasteiger partial charge in [0.25, 0.3) is 0 Å². The molecular weight excluding hydrogens is 412 g/mol. The number of nitriles is 1. The molecule has 2 aromatic rings. The van der Waals surface area contributed by atoms with Crippen LogP contribution in [0.5, 0.6) is 5.75 Å². The second-order valence-corrected chi connectivity index (χ2v) is 7.84. The molecule has 4 heterocycles. The summed E-state index contributed by atoms with van der Waals surface area (Å²) in [5, 5.41) is 9.14. The van der Waals surface area contributed by atoms with Crippen LogP contribution < -0.4 is 9.64 Å². The number of aromatic nitrogens is 3. The molecule has 2 aromatic heterocycles. The lowest BCUT2D eigenvalue weighted by atomic mass is 10.1. The van der Waals surface area contributed by atoms with E-state index in [2.05, 4.69) is 25.9 Å². The molecule has 0 bridgehead atoms. The highest BCUT2D eigenvalue weighted by atomic mass is 16.6. The molecule has 168 valence electrons. The maximum absolute atomic E-state index is 12.5. The molecule has 2 saturated heterocycles. The van der Waals surface area contributed by atoms with Crippen LogP contribution in [0.2, 0.25) is 0 Å². The average Bonchev–Trinajstić information content (AvgIpc) is 2.84. The van der Waals surface area contributed by atoms with Crippen LogP contribution in [0, 0.1) is 11.3 Å². The lowest BCUT2D eigenvalue weighted by Gasteiger charge is -2.39. The van der Waals surface area contributed by atoms with Gasteiger partial charge in [0, 0.05) is 56.5 Å². The van der Waals surface area contributed by atoms with E-state index >= 15 is 0 Å². The van der Waals surface area contributed by atoms with E-state index in [1.807, 2.05) is 6.92 Å². The number of hydrogen-bond donors (Lipinski definition) is 0. The predicted octanol–water partition coefficient (Wildman–Crippen LogP) is 2.15. The summed E-state index contributed by atoms with van der Waals surface area (Å²) in [5.74, 6) is 1.10. The Bertz CT molecular complexity index is 958. The molecule has 0 aromatic carbocycles. The molecule has 1 atom stereocenters. The van der Waals surface area contributed by atoms with Crippen molar-refractivity contribution in [2.45, 2.75) is 38.5 Å². The fourth-order valence-electron chi connectivity index (χ4n) is 3.77. The van der Waals surface area contributed by atoms with Crippen molar-refractivity contribution in [1.82, 2.24) is 19.9 Å². The summed E-state index contributed by atoms with van der Waals surface area (Å²) in [6.45, 7) is 5.26. The molecule has 0 radical (unpaired) electrons. The molecule has 2 fully saturated rings. The summed E-state index contributed by atoms with van der Waals surface area (Å²) in [6, 6.07) is 3.90. The lowest BCUT2D eigenvalue weighted by Crippen LogP contribution is -2.54. The van der Waals surface area contributed by atoms with Crippen molar-refractivity contribution in [3.05, 3.63) is 42.0 Å². The predicted molar refractivity (Wildman–Crippen MR) is 114 cm³/mol. The van der Waals surface area contributed by atoms with Crippen molar-refractivity contribution in [2.24, 2.45) is 0 Å². The topological polar surface area (TPSA) is 114 Å². The molecule has 0 spiro atoms. The molecule has 10 nitrogen and oxygen atoms in total. The molecule has 0 N–H and O–H groups in total. The third kappa shape index (κ3) is 5.23. The highest BCUT2D eigenvalue weighted by Gasteiger charge is 2.30. The maximum Gasteiger partial charge on any atom is 0.410 e. The Hall–Kier alpha value is -3.45. The summed E-state index contributed by atoms with van der Waals surface area (Å²) in [4.78, 5) is 29.1. The van der Waals surface area contributed by atoms with Crippen LogP contribution in [0.3, 0.4) is 0 Å². The van der Waals surface area contributed by atoms with Gasteiger partial charge in [-0.05, 0) is 13.0 Å². The SMILES string of the molecule is CC1CN(C(=O)OC2CCOCC2)CCN1c1ncc(OCc2ccncc2C#N)cn1. The summed E-state index contributed by atoms with van der Waals surface area (Å²) in [7, 11) is 0. The average molecular weight is 438 g/mol. The second kappa shape index (κ2) is 10.2. The van der Waals surface area contributed by atoms with Gasteiger partial charge in [0.15, 0.2) is 5.75 Å². The largest absolute Gasteiger partial charge is 0.486 e. The summed E-state index contributed by atoms with van der Waals surface area (Å²) in [5.41, 5.74) is 1.23. The van der Waals surface area contributed by atoms with Crippen molar-refractivity contribution in [1.29, 1.82) is 5.26 Å². The van der Waals surface area contributed by atoms with Crippen LogP contribution >= 0.6 is 0 Å². The van der Waals surface area contributed by atoms with Gasteiger partial charge in [-0.2, -0.15) is 5.26 Å². The van der Waals surface area contributed by atoms with Gasteiger partial charge in [0.2, 0.25) is 5.95 Å². The fraction of sp³-hybridized carbons (Fsp3) is 0.500. The van der Waals surface area contributed by atoms with E-state index in [0.29, 0.717) is 50.1 Å². The van der Waals surface area contributed by atoms with Crippen LogP contribution in [0.15, 0.2) is 30.9 Å². The number of rotatable bonds is 5. The minimum Gasteiger partial charge on any atom is -0.486 e. The first-order chi connectivity index (χ1) is 15.6. The monoisotopic (exact) mass is 438 g/mol. The summed E-state index contributed by atoms with van der Waals surface area (Å²) in [6.07, 6.45) is 7.56. The lowest BCUT2D eigenvalue weighted by molar-refractivity contribution is -0.0115. The minimum absolute atomic E-state index is 0.0489. The zero-order valence-corrected chi connectivity index (χ0v) is 18.0. The first-order valence-corrected chi connectivity index (χ1v) is 10.7. The normalized spacial score (nSPS) is 19.3. The zero-order valence-electron chi connectivity index (χ0n) is 18.0. The van der Waals surface area contributed by atoms with E-state index < -0.39 is 0 Å². The fourth-order valence-corrected chi connectivity index (χ4v) is 3.77. The standard InChI is InChI=1S/C22H26N6O4/c1-16-14-27(22(29)32-19-3-8-30-9-4-19)6-7-28(16)21-25-12-20(13-26-21)31-15-17-2-5-24-11-18(17)10-23/h2,5,11-13,16,19H,3-4,6-9,14-15H2,1H3. The Labute approximate surface area is 186 Å². The number of anilines is 1. The van der Waals surface area contributed by atoms with Gasteiger partial charge in [-0.1, -0.05) is 0 Å². The molecule has 0 aliphatic carbocycles. The molecule has 2 aliphatic rings. The van der Waals surface area contributed by atoms with E-state index in [-0.39, 0.29) is 24.8 Å². The molecule has 32 heavy (non-hydrogen) atoms.